The standard InChI is InChI=1S/C33H33F6N7O2S/c1-3-25(47)45-8-5-17(14-45)13-44(2)29-20-9-21(33(37,38)39)19(26-22(35)11-23(36)28-27(26)42-30(40)49-28)10-24(20)41-31(43-29)48-16-32-6-4-7-46(32)15-18(34)12-32/h3,9-11,17-18H,1,4-8,12-16H2,2H3,(H2,40,42)/t17-,18+,32-/m0/s1. The van der Waals surface area contributed by atoms with Gasteiger partial charge in [-0.05, 0) is 49.9 Å². The Bertz CT molecular complexity index is 1970. The molecule has 0 saturated carbocycles. The maximum Gasteiger partial charge on any atom is 0.417 e. The van der Waals surface area contributed by atoms with Gasteiger partial charge in [0.2, 0.25) is 5.91 Å². The fourth-order valence-electron chi connectivity index (χ4n) is 7.65. The highest BCUT2D eigenvalue weighted by atomic mass is 32.1. The van der Waals surface area contributed by atoms with E-state index in [1.54, 1.807) is 16.8 Å². The number of halogens is 6. The molecule has 2 aromatic carbocycles. The molecule has 5 heterocycles. The van der Waals surface area contributed by atoms with Crippen molar-refractivity contribution in [3.05, 3.63) is 48.1 Å². The van der Waals surface area contributed by atoms with Crippen LogP contribution in [-0.2, 0) is 11.0 Å². The molecule has 1 amide bonds. The number of fused-ring (bicyclic) bond motifs is 3. The van der Waals surface area contributed by atoms with Crippen molar-refractivity contribution < 1.29 is 35.9 Å². The number of nitrogens with zero attached hydrogens (tertiary/aromatic N) is 6. The maximum absolute atomic E-state index is 15.5. The van der Waals surface area contributed by atoms with Crippen molar-refractivity contribution in [1.82, 2.24) is 24.8 Å². The molecule has 3 aliphatic rings. The van der Waals surface area contributed by atoms with Crippen LogP contribution >= 0.6 is 11.3 Å². The summed E-state index contributed by atoms with van der Waals surface area (Å²) in [6.07, 6.45) is -2.22. The Morgan fingerprint density at radius 2 is 1.98 bits per heavy atom. The van der Waals surface area contributed by atoms with E-state index in [0.29, 0.717) is 56.4 Å². The summed E-state index contributed by atoms with van der Waals surface area (Å²) in [7, 11) is 1.67. The van der Waals surface area contributed by atoms with Gasteiger partial charge in [-0.1, -0.05) is 17.9 Å². The van der Waals surface area contributed by atoms with Crippen LogP contribution < -0.4 is 15.4 Å². The molecule has 0 spiro atoms. The van der Waals surface area contributed by atoms with Gasteiger partial charge in [-0.2, -0.15) is 23.1 Å². The fourth-order valence-corrected chi connectivity index (χ4v) is 8.40. The van der Waals surface area contributed by atoms with E-state index in [1.165, 1.54) is 6.08 Å². The minimum Gasteiger partial charge on any atom is -0.461 e. The lowest BCUT2D eigenvalue weighted by Gasteiger charge is -2.31. The third kappa shape index (κ3) is 6.02. The molecule has 9 nitrogen and oxygen atoms in total. The SMILES string of the molecule is C=CC(=O)N1CC[C@@H](CN(C)c2nc(OC[C@@]34CCCN3C[C@H](F)C4)nc3cc(-c4c(F)cc(F)c5sc(N)nc45)c(C(F)(F)F)cc23)C1. The van der Waals surface area contributed by atoms with E-state index >= 15 is 4.39 Å². The van der Waals surface area contributed by atoms with Crippen LogP contribution in [0.25, 0.3) is 32.2 Å². The van der Waals surface area contributed by atoms with Gasteiger partial charge in [-0.25, -0.2) is 18.2 Å². The van der Waals surface area contributed by atoms with E-state index < -0.39 is 46.2 Å². The Morgan fingerprint density at radius 3 is 2.73 bits per heavy atom. The zero-order chi connectivity index (χ0) is 34.8. The normalized spacial score (nSPS) is 22.7. The summed E-state index contributed by atoms with van der Waals surface area (Å²) in [5.41, 5.74) is 2.54. The highest BCUT2D eigenvalue weighted by molar-refractivity contribution is 7.22. The van der Waals surface area contributed by atoms with Crippen molar-refractivity contribution in [1.29, 1.82) is 0 Å². The highest BCUT2D eigenvalue weighted by Gasteiger charge is 2.49. The molecule has 4 aromatic rings. The van der Waals surface area contributed by atoms with Gasteiger partial charge < -0.3 is 20.3 Å². The van der Waals surface area contributed by atoms with Gasteiger partial charge >= 0.3 is 12.2 Å². The van der Waals surface area contributed by atoms with Crippen molar-refractivity contribution in [2.45, 2.75) is 43.6 Å². The molecule has 2 N–H and O–H groups in total. The van der Waals surface area contributed by atoms with Gasteiger partial charge in [0.25, 0.3) is 0 Å². The molecule has 16 heteroatoms. The number of hydrogen-bond acceptors (Lipinski definition) is 9. The molecule has 49 heavy (non-hydrogen) atoms. The number of likely N-dealkylation sites (tertiary alicyclic amines) is 1. The van der Waals surface area contributed by atoms with Gasteiger partial charge in [-0.15, -0.1) is 0 Å². The lowest BCUT2D eigenvalue weighted by atomic mass is 9.95. The van der Waals surface area contributed by atoms with Crippen molar-refractivity contribution in [2.75, 3.05) is 57.0 Å². The Morgan fingerprint density at radius 1 is 1.18 bits per heavy atom. The molecule has 3 aliphatic heterocycles. The molecule has 3 fully saturated rings. The third-order valence-corrected chi connectivity index (χ3v) is 10.7. The van der Waals surface area contributed by atoms with E-state index in [1.807, 2.05) is 0 Å². The molecule has 0 bridgehead atoms. The molecule has 0 unspecified atom stereocenters. The number of ether oxygens (including phenoxy) is 1. The average Bonchev–Trinajstić information content (AvgIpc) is 3.82. The monoisotopic (exact) mass is 705 g/mol. The second-order valence-corrected chi connectivity index (χ2v) is 14.1. The number of rotatable bonds is 8. The molecule has 3 atom stereocenters. The van der Waals surface area contributed by atoms with Crippen LogP contribution in [0.2, 0.25) is 0 Å². The van der Waals surface area contributed by atoms with Gasteiger partial charge in [0.05, 0.1) is 26.8 Å². The molecule has 0 radical (unpaired) electrons. The minimum atomic E-state index is -4.98. The van der Waals surface area contributed by atoms with E-state index in [0.717, 1.165) is 25.1 Å². The largest absolute Gasteiger partial charge is 0.461 e. The van der Waals surface area contributed by atoms with Crippen LogP contribution in [-0.4, -0.2) is 88.7 Å². The van der Waals surface area contributed by atoms with Crippen molar-refractivity contribution in [3.63, 3.8) is 0 Å². The molecular weight excluding hydrogens is 672 g/mol. The van der Waals surface area contributed by atoms with Crippen LogP contribution in [0.1, 0.15) is 31.2 Å². The van der Waals surface area contributed by atoms with E-state index in [4.69, 9.17) is 10.5 Å². The zero-order valence-corrected chi connectivity index (χ0v) is 27.3. The van der Waals surface area contributed by atoms with Gasteiger partial charge in [0, 0.05) is 62.2 Å². The number of carbonyl (C=O) groups excluding carboxylic acids is 1. The third-order valence-electron chi connectivity index (χ3n) is 9.86. The van der Waals surface area contributed by atoms with Gasteiger partial charge in [-0.3, -0.25) is 9.69 Å². The van der Waals surface area contributed by atoms with Crippen LogP contribution in [0.3, 0.4) is 0 Å². The summed E-state index contributed by atoms with van der Waals surface area (Å²) in [6.45, 7) is 5.91. The number of nitrogen functional groups attached to an aromatic ring is 1. The van der Waals surface area contributed by atoms with E-state index in [-0.39, 0.29) is 62.9 Å². The molecule has 3 saturated heterocycles. The Balaban J connectivity index is 1.35. The lowest BCUT2D eigenvalue weighted by molar-refractivity contribution is -0.137. The maximum atomic E-state index is 15.5. The number of benzene rings is 2. The second-order valence-electron chi connectivity index (χ2n) is 13.1. The fraction of sp³-hybridized carbons (Fsp3) is 0.455. The first-order valence-corrected chi connectivity index (χ1v) is 16.7. The van der Waals surface area contributed by atoms with E-state index in [9.17, 15) is 26.7 Å². The predicted molar refractivity (Wildman–Crippen MR) is 174 cm³/mol. The van der Waals surface area contributed by atoms with Crippen molar-refractivity contribution >= 4 is 49.3 Å². The molecular formula is C33H33F6N7O2S. The highest BCUT2D eigenvalue weighted by Crippen LogP contribution is 2.46. The van der Waals surface area contributed by atoms with Crippen molar-refractivity contribution in [2.24, 2.45) is 5.92 Å². The summed E-state index contributed by atoms with van der Waals surface area (Å²) >= 11 is 0.697. The Kier molecular flexibility index (Phi) is 8.37. The summed E-state index contributed by atoms with van der Waals surface area (Å²) < 4.78 is 95.1. The number of alkyl halides is 4. The molecule has 2 aromatic heterocycles. The topological polar surface area (TPSA) is 101 Å². The number of nitrogens with two attached hydrogens (primary N) is 1. The van der Waals surface area contributed by atoms with E-state index in [2.05, 4.69) is 26.4 Å². The number of anilines is 2. The number of aromatic nitrogens is 3. The summed E-state index contributed by atoms with van der Waals surface area (Å²) in [5.74, 6) is -2.34. The lowest BCUT2D eigenvalue weighted by Crippen LogP contribution is -2.43. The number of carbonyl (C=O) groups is 1. The Hall–Kier alpha value is -4.18. The molecule has 7 rings (SSSR count). The van der Waals surface area contributed by atoms with Crippen molar-refractivity contribution in [3.8, 4) is 17.1 Å². The second kappa shape index (κ2) is 12.3. The number of hydrogen-bond donors (Lipinski definition) is 1. The zero-order valence-electron chi connectivity index (χ0n) is 26.5. The predicted octanol–water partition coefficient (Wildman–Crippen LogP) is 6.21. The summed E-state index contributed by atoms with van der Waals surface area (Å²) in [4.78, 5) is 30.6. The van der Waals surface area contributed by atoms with Crippen LogP contribution in [0.15, 0.2) is 30.9 Å². The van der Waals surface area contributed by atoms with Crippen LogP contribution in [0.5, 0.6) is 6.01 Å². The molecule has 260 valence electrons. The smallest absolute Gasteiger partial charge is 0.417 e. The first kappa shape index (κ1) is 33.3. The first-order valence-electron chi connectivity index (χ1n) is 15.9. The first-order chi connectivity index (χ1) is 23.3. The minimum absolute atomic E-state index is 0.0142. The van der Waals surface area contributed by atoms with Crippen LogP contribution in [0.4, 0.5) is 37.3 Å². The molecule has 0 aliphatic carbocycles. The van der Waals surface area contributed by atoms with Gasteiger partial charge in [0.1, 0.15) is 30.2 Å². The number of amides is 1. The van der Waals surface area contributed by atoms with Crippen LogP contribution in [0, 0.1) is 17.6 Å². The quantitative estimate of drug-likeness (QED) is 0.171. The van der Waals surface area contributed by atoms with Gasteiger partial charge in [0.15, 0.2) is 5.13 Å². The number of thiazole rings is 1. The summed E-state index contributed by atoms with van der Waals surface area (Å²) in [5, 5.41) is -0.120. The average molecular weight is 706 g/mol. The summed E-state index contributed by atoms with van der Waals surface area (Å²) in [6, 6.07) is 2.32. The Labute approximate surface area is 281 Å².